The molecule has 1 heterocycles. The lowest BCUT2D eigenvalue weighted by Gasteiger charge is -2.29. The number of benzene rings is 3. The molecular weight excluding hydrogens is 514 g/mol. The number of hydrogen-bond acceptors (Lipinski definition) is 7. The van der Waals surface area contributed by atoms with E-state index in [9.17, 15) is 18.0 Å². The number of nitrogens with zero attached hydrogens (tertiary/aromatic N) is 2. The minimum atomic E-state index is -4.00. The average Bonchev–Trinajstić information content (AvgIpc) is 3.27. The standard InChI is InChI=1S/C30H31N3O5S/c1-38-28(34)19-25-18-27(33(30(25)35)17-5-8-21-6-3-2-4-7-21)29(32)39(36,37)26-15-13-24(14-16-26)23-11-9-22(20-31)10-12-23/h2-4,6-7,9-16,25,27,29H,5,8,17-19,32H2,1H3/t25-,27-,29?/m0/s1. The number of likely N-dealkylation sites (tertiary alicyclic amines) is 1. The topological polar surface area (TPSA) is 131 Å². The van der Waals surface area contributed by atoms with E-state index in [1.54, 1.807) is 36.4 Å². The SMILES string of the molecule is COC(=O)C[C@@H]1C[C@@H](C(N)S(=O)(=O)c2ccc(-c3ccc(C#N)cc3)cc2)N(CCCc2ccccc2)C1=O. The van der Waals surface area contributed by atoms with Gasteiger partial charge in [0.15, 0.2) is 9.84 Å². The van der Waals surface area contributed by atoms with Crippen molar-refractivity contribution in [3.05, 3.63) is 90.0 Å². The summed E-state index contributed by atoms with van der Waals surface area (Å²) in [5, 5.41) is 7.64. The van der Waals surface area contributed by atoms with Crippen LogP contribution in [-0.2, 0) is 30.6 Å². The third-order valence-electron chi connectivity index (χ3n) is 7.17. The van der Waals surface area contributed by atoms with Gasteiger partial charge in [-0.3, -0.25) is 9.59 Å². The van der Waals surface area contributed by atoms with Crippen molar-refractivity contribution in [2.75, 3.05) is 13.7 Å². The van der Waals surface area contributed by atoms with E-state index in [1.807, 2.05) is 30.3 Å². The second-order valence-corrected chi connectivity index (χ2v) is 11.7. The fraction of sp³-hybridized carbons (Fsp3) is 0.300. The summed E-state index contributed by atoms with van der Waals surface area (Å²) in [7, 11) is -2.74. The fourth-order valence-electron chi connectivity index (χ4n) is 5.00. The lowest BCUT2D eigenvalue weighted by atomic mass is 10.0. The van der Waals surface area contributed by atoms with Crippen molar-refractivity contribution in [3.63, 3.8) is 0 Å². The molecule has 0 aliphatic carbocycles. The summed E-state index contributed by atoms with van der Waals surface area (Å²) in [6.45, 7) is 0.330. The number of methoxy groups -OCH3 is 1. The molecule has 3 aromatic rings. The monoisotopic (exact) mass is 545 g/mol. The van der Waals surface area contributed by atoms with Crippen LogP contribution in [0.4, 0.5) is 0 Å². The van der Waals surface area contributed by atoms with Gasteiger partial charge in [0.1, 0.15) is 5.37 Å². The van der Waals surface area contributed by atoms with E-state index in [-0.39, 0.29) is 23.6 Å². The van der Waals surface area contributed by atoms with Crippen molar-refractivity contribution in [2.45, 2.75) is 42.0 Å². The van der Waals surface area contributed by atoms with E-state index in [0.29, 0.717) is 18.5 Å². The molecule has 0 spiro atoms. The highest BCUT2D eigenvalue weighted by Crippen LogP contribution is 2.33. The van der Waals surface area contributed by atoms with Crippen LogP contribution in [0.1, 0.15) is 30.4 Å². The molecule has 0 radical (unpaired) electrons. The van der Waals surface area contributed by atoms with Crippen molar-refractivity contribution < 1.29 is 22.7 Å². The Labute approximate surface area is 228 Å². The van der Waals surface area contributed by atoms with Gasteiger partial charge in [0, 0.05) is 6.54 Å². The minimum Gasteiger partial charge on any atom is -0.469 e. The number of rotatable bonds is 10. The van der Waals surface area contributed by atoms with Gasteiger partial charge in [-0.25, -0.2) is 8.42 Å². The van der Waals surface area contributed by atoms with Crippen LogP contribution in [0.25, 0.3) is 11.1 Å². The molecular formula is C30H31N3O5S. The number of esters is 1. The van der Waals surface area contributed by atoms with Gasteiger partial charge in [0.25, 0.3) is 0 Å². The Morgan fingerprint density at radius 2 is 1.67 bits per heavy atom. The van der Waals surface area contributed by atoms with E-state index >= 15 is 0 Å². The van der Waals surface area contributed by atoms with E-state index < -0.39 is 33.1 Å². The molecule has 1 amide bonds. The maximum atomic E-state index is 13.6. The van der Waals surface area contributed by atoms with Crippen LogP contribution in [-0.4, -0.2) is 50.3 Å². The summed E-state index contributed by atoms with van der Waals surface area (Å²) < 4.78 is 31.9. The number of aryl methyl sites for hydroxylation is 1. The summed E-state index contributed by atoms with van der Waals surface area (Å²) in [5.74, 6) is -1.48. The number of nitrogens with two attached hydrogens (primary N) is 1. The molecule has 2 N–H and O–H groups in total. The zero-order valence-corrected chi connectivity index (χ0v) is 22.5. The first-order valence-corrected chi connectivity index (χ1v) is 14.3. The number of sulfone groups is 1. The molecule has 8 nitrogen and oxygen atoms in total. The molecule has 1 saturated heterocycles. The number of nitriles is 1. The van der Waals surface area contributed by atoms with Crippen molar-refractivity contribution >= 4 is 21.7 Å². The Hall–Kier alpha value is -4.00. The number of carbonyl (C=O) groups excluding carboxylic acids is 2. The highest BCUT2D eigenvalue weighted by atomic mass is 32.2. The summed E-state index contributed by atoms with van der Waals surface area (Å²) in [6, 6.07) is 24.5. The van der Waals surface area contributed by atoms with Gasteiger partial charge < -0.3 is 15.4 Å². The molecule has 1 aliphatic heterocycles. The van der Waals surface area contributed by atoms with Gasteiger partial charge in [0.2, 0.25) is 5.91 Å². The number of hydrogen-bond donors (Lipinski definition) is 1. The Bertz CT molecular complexity index is 1450. The molecule has 0 bridgehead atoms. The van der Waals surface area contributed by atoms with Crippen LogP contribution in [0.5, 0.6) is 0 Å². The van der Waals surface area contributed by atoms with Crippen molar-refractivity contribution in [2.24, 2.45) is 11.7 Å². The molecule has 3 atom stereocenters. The molecule has 4 rings (SSSR count). The van der Waals surface area contributed by atoms with Gasteiger partial charge in [-0.05, 0) is 60.2 Å². The maximum Gasteiger partial charge on any atom is 0.306 e. The summed E-state index contributed by atoms with van der Waals surface area (Å²) >= 11 is 0. The zero-order valence-electron chi connectivity index (χ0n) is 21.7. The van der Waals surface area contributed by atoms with Gasteiger partial charge in [-0.15, -0.1) is 0 Å². The van der Waals surface area contributed by atoms with Crippen molar-refractivity contribution in [1.82, 2.24) is 4.90 Å². The second-order valence-electron chi connectivity index (χ2n) is 9.62. The van der Waals surface area contributed by atoms with Crippen LogP contribution in [0.3, 0.4) is 0 Å². The Morgan fingerprint density at radius 3 is 2.26 bits per heavy atom. The normalized spacial score (nSPS) is 18.0. The molecule has 0 saturated carbocycles. The van der Waals surface area contributed by atoms with E-state index in [0.717, 1.165) is 23.1 Å². The van der Waals surface area contributed by atoms with Crippen molar-refractivity contribution in [1.29, 1.82) is 5.26 Å². The summed E-state index contributed by atoms with van der Waals surface area (Å²) in [5.41, 5.74) is 9.70. The Balaban J connectivity index is 1.53. The van der Waals surface area contributed by atoms with Gasteiger partial charge in [-0.2, -0.15) is 5.26 Å². The van der Waals surface area contributed by atoms with Crippen LogP contribution in [0.2, 0.25) is 0 Å². The van der Waals surface area contributed by atoms with Crippen LogP contribution < -0.4 is 5.73 Å². The minimum absolute atomic E-state index is 0.0560. The molecule has 0 aromatic heterocycles. The van der Waals surface area contributed by atoms with Crippen LogP contribution >= 0.6 is 0 Å². The quantitative estimate of drug-likeness (QED) is 0.385. The lowest BCUT2D eigenvalue weighted by Crippen LogP contribution is -2.50. The first-order valence-electron chi connectivity index (χ1n) is 12.8. The highest BCUT2D eigenvalue weighted by molar-refractivity contribution is 7.92. The van der Waals surface area contributed by atoms with E-state index in [4.69, 9.17) is 15.7 Å². The van der Waals surface area contributed by atoms with E-state index in [1.165, 1.54) is 24.1 Å². The second kappa shape index (κ2) is 12.2. The Morgan fingerprint density at radius 1 is 1.05 bits per heavy atom. The van der Waals surface area contributed by atoms with Crippen LogP contribution in [0, 0.1) is 17.2 Å². The number of carbonyl (C=O) groups is 2. The predicted molar refractivity (Wildman–Crippen MR) is 147 cm³/mol. The molecule has 9 heteroatoms. The lowest BCUT2D eigenvalue weighted by molar-refractivity contribution is -0.144. The number of amides is 1. The maximum absolute atomic E-state index is 13.6. The van der Waals surface area contributed by atoms with Crippen molar-refractivity contribution in [3.8, 4) is 17.2 Å². The number of ether oxygens (including phenoxy) is 1. The molecule has 3 aromatic carbocycles. The molecule has 1 unspecified atom stereocenters. The molecule has 1 fully saturated rings. The highest BCUT2D eigenvalue weighted by Gasteiger charge is 2.46. The Kier molecular flexibility index (Phi) is 8.79. The smallest absolute Gasteiger partial charge is 0.306 e. The first-order chi connectivity index (χ1) is 18.7. The van der Waals surface area contributed by atoms with E-state index in [2.05, 4.69) is 6.07 Å². The average molecular weight is 546 g/mol. The fourth-order valence-corrected chi connectivity index (χ4v) is 6.50. The summed E-state index contributed by atoms with van der Waals surface area (Å²) in [6.07, 6.45) is 1.39. The third-order valence-corrected chi connectivity index (χ3v) is 9.13. The first kappa shape index (κ1) is 28.0. The molecule has 202 valence electrons. The predicted octanol–water partition coefficient (Wildman–Crippen LogP) is 3.70. The van der Waals surface area contributed by atoms with Crippen LogP contribution in [0.15, 0.2) is 83.8 Å². The largest absolute Gasteiger partial charge is 0.469 e. The van der Waals surface area contributed by atoms with Gasteiger partial charge in [-0.1, -0.05) is 54.6 Å². The van der Waals surface area contributed by atoms with Gasteiger partial charge in [0.05, 0.1) is 42.0 Å². The van der Waals surface area contributed by atoms with Gasteiger partial charge >= 0.3 is 5.97 Å². The zero-order chi connectivity index (χ0) is 28.0. The molecule has 1 aliphatic rings. The third kappa shape index (κ3) is 6.36. The summed E-state index contributed by atoms with van der Waals surface area (Å²) in [4.78, 5) is 26.8. The molecule has 39 heavy (non-hydrogen) atoms.